The molecule has 3 saturated heterocycles. The van der Waals surface area contributed by atoms with Crippen molar-refractivity contribution in [2.75, 3.05) is 25.0 Å². The molecule has 6 heteroatoms. The summed E-state index contributed by atoms with van der Waals surface area (Å²) in [5.74, 6) is 1.55. The number of rotatable bonds is 2. The zero-order chi connectivity index (χ0) is 13.5. The van der Waals surface area contributed by atoms with Crippen LogP contribution >= 0.6 is 12.4 Å². The lowest BCUT2D eigenvalue weighted by Crippen LogP contribution is -2.53. The SMILES string of the molecule is Cl.N#Cc1ccc2c(N[C@H]3CN4CCC3CC4)noc2c1. The molecule has 0 aliphatic carbocycles. The number of benzene rings is 1. The molecule has 3 fully saturated rings. The topological polar surface area (TPSA) is 65.1 Å². The highest BCUT2D eigenvalue weighted by Crippen LogP contribution is 2.31. The molecule has 1 aromatic heterocycles. The van der Waals surface area contributed by atoms with Gasteiger partial charge < -0.3 is 14.7 Å². The van der Waals surface area contributed by atoms with Crippen LogP contribution in [-0.2, 0) is 0 Å². The van der Waals surface area contributed by atoms with Crippen LogP contribution in [0, 0.1) is 17.2 Å². The smallest absolute Gasteiger partial charge is 0.177 e. The molecule has 110 valence electrons. The van der Waals surface area contributed by atoms with Crippen LogP contribution in [0.5, 0.6) is 0 Å². The van der Waals surface area contributed by atoms with E-state index in [1.165, 1.54) is 25.9 Å². The number of nitriles is 1. The van der Waals surface area contributed by atoms with Crippen LogP contribution in [0.15, 0.2) is 22.7 Å². The highest BCUT2D eigenvalue weighted by molar-refractivity contribution is 5.89. The zero-order valence-corrected chi connectivity index (χ0v) is 12.4. The molecule has 1 atom stereocenters. The Morgan fingerprint density at radius 3 is 2.81 bits per heavy atom. The van der Waals surface area contributed by atoms with Crippen molar-refractivity contribution in [3.05, 3.63) is 23.8 Å². The van der Waals surface area contributed by atoms with E-state index in [-0.39, 0.29) is 12.4 Å². The van der Waals surface area contributed by atoms with E-state index in [2.05, 4.69) is 21.4 Å². The summed E-state index contributed by atoms with van der Waals surface area (Å²) < 4.78 is 5.34. The van der Waals surface area contributed by atoms with E-state index in [0.29, 0.717) is 17.2 Å². The molecule has 5 nitrogen and oxygen atoms in total. The predicted molar refractivity (Wildman–Crippen MR) is 82.5 cm³/mol. The number of aromatic nitrogens is 1. The van der Waals surface area contributed by atoms with Crippen LogP contribution in [0.25, 0.3) is 11.0 Å². The van der Waals surface area contributed by atoms with Crippen LogP contribution in [0.4, 0.5) is 5.82 Å². The van der Waals surface area contributed by atoms with E-state index in [0.717, 1.165) is 23.7 Å². The average Bonchev–Trinajstić information content (AvgIpc) is 2.91. The Balaban J connectivity index is 0.00000132. The standard InChI is InChI=1S/C15H16N4O.ClH/c16-8-10-1-2-12-14(7-10)20-18-15(12)17-13-9-19-5-3-11(13)4-6-19;/h1-2,7,11,13H,3-6,9H2,(H,17,18);1H/t13-;/m0./s1. The third kappa shape index (κ3) is 2.45. The maximum absolute atomic E-state index is 8.90. The Morgan fingerprint density at radius 2 is 2.14 bits per heavy atom. The summed E-state index contributed by atoms with van der Waals surface area (Å²) in [6.45, 7) is 3.55. The van der Waals surface area contributed by atoms with Crippen molar-refractivity contribution < 1.29 is 4.52 Å². The van der Waals surface area contributed by atoms with Crippen molar-refractivity contribution in [3.63, 3.8) is 0 Å². The quantitative estimate of drug-likeness (QED) is 0.924. The summed E-state index contributed by atoms with van der Waals surface area (Å²) in [5.41, 5.74) is 1.27. The van der Waals surface area contributed by atoms with Crippen molar-refractivity contribution in [2.24, 2.45) is 5.92 Å². The van der Waals surface area contributed by atoms with Crippen LogP contribution in [0.2, 0.25) is 0 Å². The van der Waals surface area contributed by atoms with Crippen molar-refractivity contribution >= 4 is 29.2 Å². The lowest BCUT2D eigenvalue weighted by molar-refractivity contribution is 0.0973. The van der Waals surface area contributed by atoms with Gasteiger partial charge in [-0.1, -0.05) is 5.16 Å². The molecule has 5 rings (SSSR count). The zero-order valence-electron chi connectivity index (χ0n) is 11.6. The summed E-state index contributed by atoms with van der Waals surface area (Å²) in [6.07, 6.45) is 2.54. The van der Waals surface area contributed by atoms with Gasteiger partial charge in [0, 0.05) is 18.7 Å². The fraction of sp³-hybridized carbons (Fsp3) is 0.467. The number of nitrogens with one attached hydrogen (secondary N) is 1. The Labute approximate surface area is 129 Å². The molecular formula is C15H17ClN4O. The van der Waals surface area contributed by atoms with E-state index in [1.54, 1.807) is 12.1 Å². The summed E-state index contributed by atoms with van der Waals surface area (Å²) in [5, 5.41) is 17.5. The first-order valence-electron chi connectivity index (χ1n) is 7.12. The number of halogens is 1. The van der Waals surface area contributed by atoms with Crippen LogP contribution in [-0.4, -0.2) is 35.7 Å². The minimum atomic E-state index is 0. The molecule has 3 aliphatic heterocycles. The van der Waals surface area contributed by atoms with Gasteiger partial charge in [0.05, 0.1) is 17.0 Å². The van der Waals surface area contributed by atoms with Crippen molar-refractivity contribution in [2.45, 2.75) is 18.9 Å². The van der Waals surface area contributed by atoms with E-state index in [1.807, 2.05) is 6.07 Å². The Kier molecular flexibility index (Phi) is 3.75. The van der Waals surface area contributed by atoms with Gasteiger partial charge in [-0.2, -0.15) is 5.26 Å². The number of fused-ring (bicyclic) bond motifs is 4. The molecule has 0 amide bonds. The largest absolute Gasteiger partial charge is 0.362 e. The van der Waals surface area contributed by atoms with Crippen molar-refractivity contribution in [1.82, 2.24) is 10.1 Å². The number of anilines is 1. The predicted octanol–water partition coefficient (Wildman–Crippen LogP) is 2.63. The Bertz CT molecular complexity index is 685. The summed E-state index contributed by atoms with van der Waals surface area (Å²) in [4.78, 5) is 2.51. The molecule has 0 saturated carbocycles. The molecule has 0 spiro atoms. The summed E-state index contributed by atoms with van der Waals surface area (Å²) in [7, 11) is 0. The van der Waals surface area contributed by atoms with Crippen LogP contribution in [0.3, 0.4) is 0 Å². The summed E-state index contributed by atoms with van der Waals surface area (Å²) in [6, 6.07) is 8.03. The maximum atomic E-state index is 8.90. The Morgan fingerprint density at radius 1 is 1.33 bits per heavy atom. The first-order valence-corrected chi connectivity index (χ1v) is 7.12. The number of hydrogen-bond donors (Lipinski definition) is 1. The minimum Gasteiger partial charge on any atom is -0.362 e. The molecule has 21 heavy (non-hydrogen) atoms. The van der Waals surface area contributed by atoms with E-state index < -0.39 is 0 Å². The Hall–Kier alpha value is -1.77. The van der Waals surface area contributed by atoms with Gasteiger partial charge in [-0.15, -0.1) is 12.4 Å². The molecular weight excluding hydrogens is 288 g/mol. The minimum absolute atomic E-state index is 0. The maximum Gasteiger partial charge on any atom is 0.177 e. The third-order valence-electron chi connectivity index (χ3n) is 4.58. The highest BCUT2D eigenvalue weighted by atomic mass is 35.5. The normalized spacial score (nSPS) is 27.1. The van der Waals surface area contributed by atoms with Gasteiger partial charge in [0.25, 0.3) is 0 Å². The van der Waals surface area contributed by atoms with E-state index >= 15 is 0 Å². The van der Waals surface area contributed by atoms with Crippen LogP contribution < -0.4 is 5.32 Å². The highest BCUT2D eigenvalue weighted by Gasteiger charge is 2.34. The van der Waals surface area contributed by atoms with Gasteiger partial charge in [-0.05, 0) is 44.0 Å². The number of piperidine rings is 3. The molecule has 2 aromatic rings. The lowest BCUT2D eigenvalue weighted by atomic mass is 9.84. The third-order valence-corrected chi connectivity index (χ3v) is 4.58. The lowest BCUT2D eigenvalue weighted by Gasteiger charge is -2.44. The monoisotopic (exact) mass is 304 g/mol. The molecule has 4 heterocycles. The van der Waals surface area contributed by atoms with E-state index in [4.69, 9.17) is 9.78 Å². The average molecular weight is 305 g/mol. The van der Waals surface area contributed by atoms with Gasteiger partial charge in [0.2, 0.25) is 0 Å². The second-order valence-electron chi connectivity index (χ2n) is 5.74. The molecule has 3 aliphatic rings. The first kappa shape index (κ1) is 14.2. The fourth-order valence-corrected chi connectivity index (χ4v) is 3.42. The van der Waals surface area contributed by atoms with Gasteiger partial charge in [-0.25, -0.2) is 0 Å². The molecule has 2 bridgehead atoms. The second kappa shape index (κ2) is 5.55. The van der Waals surface area contributed by atoms with Gasteiger partial charge >= 0.3 is 0 Å². The van der Waals surface area contributed by atoms with E-state index in [9.17, 15) is 0 Å². The first-order chi connectivity index (χ1) is 9.83. The van der Waals surface area contributed by atoms with Gasteiger partial charge in [0.1, 0.15) is 0 Å². The van der Waals surface area contributed by atoms with Crippen LogP contribution in [0.1, 0.15) is 18.4 Å². The van der Waals surface area contributed by atoms with Gasteiger partial charge in [-0.3, -0.25) is 0 Å². The second-order valence-corrected chi connectivity index (χ2v) is 5.74. The fourth-order valence-electron chi connectivity index (χ4n) is 3.42. The summed E-state index contributed by atoms with van der Waals surface area (Å²) >= 11 is 0. The number of nitrogens with zero attached hydrogens (tertiary/aromatic N) is 3. The number of hydrogen-bond acceptors (Lipinski definition) is 5. The van der Waals surface area contributed by atoms with Gasteiger partial charge in [0.15, 0.2) is 11.4 Å². The molecule has 0 unspecified atom stereocenters. The molecule has 1 N–H and O–H groups in total. The molecule has 1 aromatic carbocycles. The molecule has 0 radical (unpaired) electrons. The van der Waals surface area contributed by atoms with Crippen molar-refractivity contribution in [1.29, 1.82) is 5.26 Å². The van der Waals surface area contributed by atoms with Crippen molar-refractivity contribution in [3.8, 4) is 6.07 Å².